The Morgan fingerprint density at radius 2 is 1.85 bits per heavy atom. The SMILES string of the molecule is CC(C)(C)CC(C)(C)c1ccc2nc(SC(CC(=O)O)C(=O)O)sc2c1. The van der Waals surface area contributed by atoms with Crippen molar-refractivity contribution >= 4 is 45.3 Å². The summed E-state index contributed by atoms with van der Waals surface area (Å²) in [7, 11) is 0. The Balaban J connectivity index is 2.29. The number of fused-ring (bicyclic) bond motifs is 1. The van der Waals surface area contributed by atoms with Crippen molar-refractivity contribution in [3.8, 4) is 0 Å². The second kappa shape index (κ2) is 7.56. The molecule has 0 fully saturated rings. The summed E-state index contributed by atoms with van der Waals surface area (Å²) in [4.78, 5) is 26.6. The van der Waals surface area contributed by atoms with Gasteiger partial charge in [-0.15, -0.1) is 11.3 Å². The number of aliphatic carboxylic acids is 2. The van der Waals surface area contributed by atoms with E-state index in [0.717, 1.165) is 28.4 Å². The van der Waals surface area contributed by atoms with Crippen LogP contribution in [-0.4, -0.2) is 32.4 Å². The minimum Gasteiger partial charge on any atom is -0.481 e. The Morgan fingerprint density at radius 1 is 1.19 bits per heavy atom. The molecule has 1 heterocycles. The first-order valence-corrected chi connectivity index (χ1v) is 10.1. The molecule has 0 saturated heterocycles. The summed E-state index contributed by atoms with van der Waals surface area (Å²) in [6, 6.07) is 6.16. The van der Waals surface area contributed by atoms with Crippen molar-refractivity contribution in [2.24, 2.45) is 5.41 Å². The second-order valence-electron chi connectivity index (χ2n) is 8.33. The van der Waals surface area contributed by atoms with Gasteiger partial charge in [0.25, 0.3) is 0 Å². The number of thiazole rings is 1. The number of carbonyl (C=O) groups is 2. The average molecular weight is 396 g/mol. The predicted molar refractivity (Wildman–Crippen MR) is 106 cm³/mol. The van der Waals surface area contributed by atoms with Gasteiger partial charge in [-0.2, -0.15) is 0 Å². The molecule has 2 rings (SSSR count). The fourth-order valence-electron chi connectivity index (χ4n) is 3.26. The number of carboxylic acid groups (broad SMARTS) is 2. The summed E-state index contributed by atoms with van der Waals surface area (Å²) in [5, 5.41) is 17.0. The number of rotatable bonds is 7. The van der Waals surface area contributed by atoms with Gasteiger partial charge in [-0.25, -0.2) is 4.98 Å². The van der Waals surface area contributed by atoms with Crippen LogP contribution in [0.25, 0.3) is 10.2 Å². The molecule has 0 spiro atoms. The Morgan fingerprint density at radius 3 is 2.38 bits per heavy atom. The largest absolute Gasteiger partial charge is 0.481 e. The standard InChI is InChI=1S/C19H25NO4S2/c1-18(2,3)10-19(4,5)11-6-7-12-13(8-11)25-17(20-12)26-14(16(23)24)9-15(21)22/h6-8,14H,9-10H2,1-5H3,(H,21,22)(H,23,24). The fourth-order valence-corrected chi connectivity index (χ4v) is 5.53. The molecular weight excluding hydrogens is 370 g/mol. The van der Waals surface area contributed by atoms with E-state index in [9.17, 15) is 14.7 Å². The van der Waals surface area contributed by atoms with Crippen LogP contribution >= 0.6 is 23.1 Å². The van der Waals surface area contributed by atoms with Gasteiger partial charge >= 0.3 is 11.9 Å². The number of benzene rings is 1. The van der Waals surface area contributed by atoms with Crippen LogP contribution in [0.2, 0.25) is 0 Å². The maximum atomic E-state index is 11.3. The zero-order valence-corrected chi connectivity index (χ0v) is 17.3. The summed E-state index contributed by atoms with van der Waals surface area (Å²) in [5.41, 5.74) is 2.25. The van der Waals surface area contributed by atoms with E-state index in [4.69, 9.17) is 5.11 Å². The van der Waals surface area contributed by atoms with E-state index in [2.05, 4.69) is 51.7 Å². The highest BCUT2D eigenvalue weighted by molar-refractivity contribution is 8.02. The van der Waals surface area contributed by atoms with Crippen LogP contribution in [0, 0.1) is 5.41 Å². The highest BCUT2D eigenvalue weighted by Gasteiger charge is 2.28. The molecular formula is C19H25NO4S2. The molecule has 7 heteroatoms. The van der Waals surface area contributed by atoms with Gasteiger partial charge in [0.2, 0.25) is 0 Å². The van der Waals surface area contributed by atoms with Gasteiger partial charge in [0, 0.05) is 0 Å². The molecule has 5 nitrogen and oxygen atoms in total. The number of aromatic nitrogens is 1. The van der Waals surface area contributed by atoms with Crippen LogP contribution in [0.4, 0.5) is 0 Å². The molecule has 26 heavy (non-hydrogen) atoms. The molecule has 2 N–H and O–H groups in total. The lowest BCUT2D eigenvalue weighted by molar-refractivity contribution is -0.142. The van der Waals surface area contributed by atoms with Crippen LogP contribution < -0.4 is 0 Å². The Hall–Kier alpha value is -1.60. The van der Waals surface area contributed by atoms with Crippen molar-refractivity contribution in [3.63, 3.8) is 0 Å². The van der Waals surface area contributed by atoms with Crippen molar-refractivity contribution in [2.45, 2.75) is 62.5 Å². The van der Waals surface area contributed by atoms with E-state index in [0.29, 0.717) is 4.34 Å². The highest BCUT2D eigenvalue weighted by atomic mass is 32.2. The third-order valence-electron chi connectivity index (χ3n) is 4.00. The molecule has 1 unspecified atom stereocenters. The van der Waals surface area contributed by atoms with Crippen LogP contribution in [0.3, 0.4) is 0 Å². The highest BCUT2D eigenvalue weighted by Crippen LogP contribution is 2.39. The molecule has 1 aromatic heterocycles. The first kappa shape index (κ1) is 20.7. The van der Waals surface area contributed by atoms with Crippen molar-refractivity contribution in [1.29, 1.82) is 0 Å². The van der Waals surface area contributed by atoms with Crippen molar-refractivity contribution in [3.05, 3.63) is 23.8 Å². The fraction of sp³-hybridized carbons (Fsp3) is 0.526. The normalized spacial score (nSPS) is 13.7. The molecule has 0 aliphatic heterocycles. The van der Waals surface area contributed by atoms with Gasteiger partial charge in [0.1, 0.15) is 5.25 Å². The van der Waals surface area contributed by atoms with Crippen LogP contribution in [0.1, 0.15) is 53.0 Å². The summed E-state index contributed by atoms with van der Waals surface area (Å²) in [5.74, 6) is -2.26. The Labute approximate surface area is 161 Å². The van der Waals surface area contributed by atoms with Gasteiger partial charge in [-0.1, -0.05) is 52.4 Å². The first-order chi connectivity index (χ1) is 11.9. The van der Waals surface area contributed by atoms with E-state index in [1.165, 1.54) is 16.9 Å². The molecule has 0 aliphatic carbocycles. The van der Waals surface area contributed by atoms with Crippen LogP contribution in [-0.2, 0) is 15.0 Å². The third kappa shape index (κ3) is 5.45. The molecule has 0 aliphatic rings. The number of hydrogen-bond donors (Lipinski definition) is 2. The first-order valence-electron chi connectivity index (χ1n) is 8.40. The Kier molecular flexibility index (Phi) is 6.02. The smallest absolute Gasteiger partial charge is 0.317 e. The van der Waals surface area contributed by atoms with Gasteiger partial charge in [-0.05, 0) is 34.9 Å². The van der Waals surface area contributed by atoms with E-state index < -0.39 is 23.6 Å². The minimum absolute atomic E-state index is 0.0106. The second-order valence-corrected chi connectivity index (χ2v) is 10.8. The quantitative estimate of drug-likeness (QED) is 0.639. The molecule has 2 aromatic rings. The minimum atomic E-state index is -1.14. The summed E-state index contributed by atoms with van der Waals surface area (Å²) >= 11 is 2.42. The molecule has 1 aromatic carbocycles. The molecule has 1 atom stereocenters. The summed E-state index contributed by atoms with van der Waals surface area (Å²) < 4.78 is 1.57. The van der Waals surface area contributed by atoms with Gasteiger partial charge in [0.05, 0.1) is 16.6 Å². The maximum absolute atomic E-state index is 11.3. The average Bonchev–Trinajstić information content (AvgIpc) is 2.84. The number of hydrogen-bond acceptors (Lipinski definition) is 5. The summed E-state index contributed by atoms with van der Waals surface area (Å²) in [6.45, 7) is 11.1. The maximum Gasteiger partial charge on any atom is 0.317 e. The van der Waals surface area contributed by atoms with E-state index in [-0.39, 0.29) is 10.8 Å². The zero-order chi connectivity index (χ0) is 19.7. The molecule has 0 radical (unpaired) electrons. The van der Waals surface area contributed by atoms with Gasteiger partial charge in [0.15, 0.2) is 4.34 Å². The number of nitrogens with zero attached hydrogens (tertiary/aromatic N) is 1. The summed E-state index contributed by atoms with van der Waals surface area (Å²) in [6.07, 6.45) is 0.603. The third-order valence-corrected chi connectivity index (χ3v) is 6.30. The van der Waals surface area contributed by atoms with Gasteiger partial charge in [-0.3, -0.25) is 9.59 Å². The zero-order valence-electron chi connectivity index (χ0n) is 15.7. The molecule has 142 valence electrons. The monoisotopic (exact) mass is 395 g/mol. The van der Waals surface area contributed by atoms with Gasteiger partial charge < -0.3 is 10.2 Å². The number of thioether (sulfide) groups is 1. The predicted octanol–water partition coefficient (Wildman–Crippen LogP) is 5.03. The van der Waals surface area contributed by atoms with Crippen LogP contribution in [0.5, 0.6) is 0 Å². The lowest BCUT2D eigenvalue weighted by Crippen LogP contribution is -2.24. The molecule has 0 saturated carbocycles. The van der Waals surface area contributed by atoms with E-state index in [1.807, 2.05) is 6.07 Å². The van der Waals surface area contributed by atoms with E-state index in [1.54, 1.807) is 0 Å². The topological polar surface area (TPSA) is 87.5 Å². The van der Waals surface area contributed by atoms with E-state index >= 15 is 0 Å². The van der Waals surface area contributed by atoms with Crippen molar-refractivity contribution in [2.75, 3.05) is 0 Å². The van der Waals surface area contributed by atoms with Crippen LogP contribution in [0.15, 0.2) is 22.5 Å². The molecule has 0 amide bonds. The Bertz CT molecular complexity index is 821. The van der Waals surface area contributed by atoms with Crippen molar-refractivity contribution in [1.82, 2.24) is 4.98 Å². The number of carboxylic acids is 2. The molecule has 0 bridgehead atoms. The lowest BCUT2D eigenvalue weighted by Gasteiger charge is -2.33. The van der Waals surface area contributed by atoms with Crippen molar-refractivity contribution < 1.29 is 19.8 Å². The lowest BCUT2D eigenvalue weighted by atomic mass is 9.72.